The van der Waals surface area contributed by atoms with Crippen LogP contribution >= 0.6 is 0 Å². The van der Waals surface area contributed by atoms with Gasteiger partial charge >= 0.3 is 6.09 Å². The summed E-state index contributed by atoms with van der Waals surface area (Å²) in [5.41, 5.74) is 11.0. The Labute approximate surface area is 184 Å². The number of piperidine rings is 1. The van der Waals surface area contributed by atoms with E-state index < -0.39 is 36.0 Å². The second kappa shape index (κ2) is 7.50. The van der Waals surface area contributed by atoms with Crippen LogP contribution in [0.5, 0.6) is 0 Å². The normalized spacial score (nSPS) is 36.5. The van der Waals surface area contributed by atoms with E-state index in [9.17, 15) is 19.5 Å². The first kappa shape index (κ1) is 20.8. The average Bonchev–Trinajstić information content (AvgIpc) is 3.39. The molecule has 5 heterocycles. The molecule has 13 heteroatoms. The lowest BCUT2D eigenvalue weighted by Gasteiger charge is -2.46. The van der Waals surface area contributed by atoms with Gasteiger partial charge in [-0.3, -0.25) is 14.5 Å². The van der Waals surface area contributed by atoms with Crippen molar-refractivity contribution in [1.82, 2.24) is 20.0 Å². The van der Waals surface area contributed by atoms with Crippen LogP contribution in [-0.2, 0) is 14.3 Å². The maximum absolute atomic E-state index is 12.7. The van der Waals surface area contributed by atoms with Gasteiger partial charge in [0.15, 0.2) is 23.7 Å². The molecule has 32 heavy (non-hydrogen) atoms. The van der Waals surface area contributed by atoms with Crippen molar-refractivity contribution in [3.63, 3.8) is 0 Å². The van der Waals surface area contributed by atoms with Gasteiger partial charge in [-0.15, -0.1) is 0 Å². The molecule has 1 spiro atoms. The van der Waals surface area contributed by atoms with Gasteiger partial charge in [0.1, 0.15) is 12.1 Å². The van der Waals surface area contributed by atoms with Crippen LogP contribution in [-0.4, -0.2) is 106 Å². The predicted molar refractivity (Wildman–Crippen MR) is 111 cm³/mol. The first-order valence-corrected chi connectivity index (χ1v) is 11.0. The number of nitrogens with zero attached hydrogens (tertiary/aromatic N) is 5. The Hall–Kier alpha value is -3.09. The molecule has 5 aliphatic rings. The van der Waals surface area contributed by atoms with E-state index in [2.05, 4.69) is 15.3 Å². The Balaban J connectivity index is 1.39. The minimum absolute atomic E-state index is 0.0119. The average molecular weight is 448 g/mol. The number of aliphatic imine (C=N–C) groups is 2. The lowest BCUT2D eigenvalue weighted by atomic mass is 9.88. The molecule has 0 radical (unpaired) electrons. The number of guanidine groups is 2. The lowest BCUT2D eigenvalue weighted by molar-refractivity contribution is -0.139. The number of hydrogen-bond acceptors (Lipinski definition) is 11. The van der Waals surface area contributed by atoms with Crippen LogP contribution in [0.1, 0.15) is 32.1 Å². The number of ether oxygens (including phenoxy) is 1. The number of likely N-dealkylation sites (tertiary alicyclic amines) is 2. The van der Waals surface area contributed by atoms with E-state index in [1.165, 1.54) is 0 Å². The van der Waals surface area contributed by atoms with Crippen LogP contribution in [0.2, 0.25) is 0 Å². The summed E-state index contributed by atoms with van der Waals surface area (Å²) in [4.78, 5) is 50.3. The molecule has 0 aromatic carbocycles. The molecular formula is C19H28N8O5. The summed E-state index contributed by atoms with van der Waals surface area (Å²) >= 11 is 0. The molecule has 13 nitrogen and oxygen atoms in total. The number of nitrogens with two attached hydrogens (primary N) is 2. The maximum Gasteiger partial charge on any atom is 0.410 e. The van der Waals surface area contributed by atoms with Gasteiger partial charge < -0.3 is 36.4 Å². The number of carbonyl (C=O) groups is 3. The van der Waals surface area contributed by atoms with Crippen LogP contribution in [0.3, 0.4) is 0 Å². The molecule has 0 saturated carbocycles. The quantitative estimate of drug-likeness (QED) is 0.339. The highest BCUT2D eigenvalue weighted by Gasteiger charge is 2.66. The minimum Gasteiger partial charge on any atom is -0.441 e. The number of aliphatic hydroxyl groups excluding tert-OH is 1. The molecule has 4 unspecified atom stereocenters. The largest absolute Gasteiger partial charge is 0.441 e. The summed E-state index contributed by atoms with van der Waals surface area (Å²) in [6.45, 7) is 1.34. The number of nitrogens with one attached hydrogen (secondary N) is 1. The summed E-state index contributed by atoms with van der Waals surface area (Å²) in [6.07, 6.45) is 0.652. The van der Waals surface area contributed by atoms with Gasteiger partial charge in [0, 0.05) is 25.9 Å². The van der Waals surface area contributed by atoms with Gasteiger partial charge in [-0.1, -0.05) is 0 Å². The topological polar surface area (TPSA) is 179 Å². The molecule has 174 valence electrons. The van der Waals surface area contributed by atoms with Crippen molar-refractivity contribution in [1.29, 1.82) is 0 Å². The highest BCUT2D eigenvalue weighted by molar-refractivity contribution is 6.02. The van der Waals surface area contributed by atoms with Gasteiger partial charge in [0.25, 0.3) is 0 Å². The van der Waals surface area contributed by atoms with Gasteiger partial charge in [-0.2, -0.15) is 0 Å². The van der Waals surface area contributed by atoms with Crippen molar-refractivity contribution in [2.45, 2.75) is 62.1 Å². The summed E-state index contributed by atoms with van der Waals surface area (Å²) in [5, 5.41) is 14.3. The zero-order valence-corrected chi connectivity index (χ0v) is 17.6. The van der Waals surface area contributed by atoms with E-state index in [4.69, 9.17) is 16.2 Å². The van der Waals surface area contributed by atoms with Crippen molar-refractivity contribution in [2.75, 3.05) is 26.2 Å². The van der Waals surface area contributed by atoms with Gasteiger partial charge in [0.2, 0.25) is 11.8 Å². The third-order valence-corrected chi connectivity index (χ3v) is 7.00. The molecule has 0 aromatic heterocycles. The fourth-order valence-corrected chi connectivity index (χ4v) is 5.42. The van der Waals surface area contributed by atoms with Crippen molar-refractivity contribution in [3.8, 4) is 0 Å². The SMILES string of the molecule is NC1=NC2C(CN3C(=O)CCC3=O)N=C(N)N3C[C@H](OC(=O)N4CCCCC4)C(O)C23N1. The summed E-state index contributed by atoms with van der Waals surface area (Å²) in [6, 6.07) is -1.43. The molecule has 0 bridgehead atoms. The first-order valence-electron chi connectivity index (χ1n) is 11.0. The molecule has 3 saturated heterocycles. The number of hydrogen-bond donors (Lipinski definition) is 4. The van der Waals surface area contributed by atoms with Gasteiger partial charge in [0.05, 0.1) is 19.1 Å². The zero-order chi connectivity index (χ0) is 22.6. The molecular weight excluding hydrogens is 420 g/mol. The van der Waals surface area contributed by atoms with E-state index in [0.29, 0.717) is 13.1 Å². The second-order valence-corrected chi connectivity index (χ2v) is 8.89. The van der Waals surface area contributed by atoms with Crippen molar-refractivity contribution in [3.05, 3.63) is 0 Å². The van der Waals surface area contributed by atoms with E-state index >= 15 is 0 Å². The molecule has 6 N–H and O–H groups in total. The van der Waals surface area contributed by atoms with Gasteiger partial charge in [-0.25, -0.2) is 14.8 Å². The fourth-order valence-electron chi connectivity index (χ4n) is 5.42. The number of carbonyl (C=O) groups excluding carboxylic acids is 3. The Morgan fingerprint density at radius 2 is 1.84 bits per heavy atom. The summed E-state index contributed by atoms with van der Waals surface area (Å²) in [5.74, 6) is -0.374. The van der Waals surface area contributed by atoms with Crippen molar-refractivity contribution in [2.24, 2.45) is 21.5 Å². The van der Waals surface area contributed by atoms with Crippen LogP contribution < -0.4 is 16.8 Å². The standard InChI is InChI=1S/C19H28N8O5/c20-16-23-14-10(8-26-12(28)4-5-13(26)29)22-17(21)27-9-11(15(30)19(14,27)24-16)32-18(31)25-6-2-1-3-7-25/h10-11,14-15,30H,1-9H2,(H2,21,22)(H3,20,23,24)/t10?,11-,14?,15?,19?/m0/s1. The van der Waals surface area contributed by atoms with Gasteiger partial charge in [-0.05, 0) is 19.3 Å². The van der Waals surface area contributed by atoms with E-state index in [-0.39, 0.29) is 49.7 Å². The molecule has 5 aliphatic heterocycles. The smallest absolute Gasteiger partial charge is 0.410 e. The van der Waals surface area contributed by atoms with Crippen LogP contribution in [0.25, 0.3) is 0 Å². The van der Waals surface area contributed by atoms with E-state index in [1.54, 1.807) is 9.80 Å². The van der Waals surface area contributed by atoms with Crippen LogP contribution in [0.15, 0.2) is 9.98 Å². The van der Waals surface area contributed by atoms with Crippen LogP contribution in [0, 0.1) is 0 Å². The molecule has 0 aromatic rings. The summed E-state index contributed by atoms with van der Waals surface area (Å²) in [7, 11) is 0. The second-order valence-electron chi connectivity index (χ2n) is 8.89. The zero-order valence-electron chi connectivity index (χ0n) is 17.6. The highest BCUT2D eigenvalue weighted by atomic mass is 16.6. The number of rotatable bonds is 3. The van der Waals surface area contributed by atoms with E-state index in [1.807, 2.05) is 0 Å². The molecule has 0 aliphatic carbocycles. The number of amides is 3. The molecule has 3 amide bonds. The molecule has 3 fully saturated rings. The number of aliphatic hydroxyl groups is 1. The maximum atomic E-state index is 12.7. The van der Waals surface area contributed by atoms with Crippen molar-refractivity contribution < 1.29 is 24.2 Å². The Kier molecular flexibility index (Phi) is 4.87. The predicted octanol–water partition coefficient (Wildman–Crippen LogP) is -2.52. The lowest BCUT2D eigenvalue weighted by Crippen LogP contribution is -2.73. The third kappa shape index (κ3) is 3.05. The fraction of sp³-hybridized carbons (Fsp3) is 0.737. The highest BCUT2D eigenvalue weighted by Crippen LogP contribution is 2.41. The Morgan fingerprint density at radius 3 is 2.53 bits per heavy atom. The van der Waals surface area contributed by atoms with E-state index in [0.717, 1.165) is 24.2 Å². The third-order valence-electron chi connectivity index (χ3n) is 7.00. The Morgan fingerprint density at radius 1 is 1.16 bits per heavy atom. The Bertz CT molecular complexity index is 886. The van der Waals surface area contributed by atoms with Crippen molar-refractivity contribution >= 4 is 29.8 Å². The molecule has 5 atom stereocenters. The number of imide groups is 1. The first-order chi connectivity index (χ1) is 15.3. The summed E-state index contributed by atoms with van der Waals surface area (Å²) < 4.78 is 5.68. The monoisotopic (exact) mass is 448 g/mol. The minimum atomic E-state index is -1.28. The van der Waals surface area contributed by atoms with Crippen LogP contribution in [0.4, 0.5) is 4.79 Å². The molecule has 5 rings (SSSR count).